The molecule has 0 saturated heterocycles. The third kappa shape index (κ3) is 2.66. The van der Waals surface area contributed by atoms with E-state index in [2.05, 4.69) is 31.1 Å². The topological polar surface area (TPSA) is 24.4 Å². The van der Waals surface area contributed by atoms with Crippen LogP contribution in [0.3, 0.4) is 0 Å². The summed E-state index contributed by atoms with van der Waals surface area (Å²) in [6.07, 6.45) is 2.62. The molecule has 14 heavy (non-hydrogen) atoms. The lowest BCUT2D eigenvalue weighted by Crippen LogP contribution is -2.23. The van der Waals surface area contributed by atoms with E-state index in [-0.39, 0.29) is 0 Å². The molecule has 0 spiro atoms. The number of thioether (sulfide) groups is 1. The van der Waals surface area contributed by atoms with E-state index in [1.165, 1.54) is 18.0 Å². The Morgan fingerprint density at radius 3 is 2.86 bits per heavy atom. The van der Waals surface area contributed by atoms with Crippen molar-refractivity contribution in [1.82, 2.24) is 5.32 Å². The molecule has 0 amide bonds. The van der Waals surface area contributed by atoms with Crippen molar-refractivity contribution < 1.29 is 0 Å². The summed E-state index contributed by atoms with van der Waals surface area (Å²) in [6.45, 7) is 7.89. The van der Waals surface area contributed by atoms with Gasteiger partial charge in [0.05, 0.1) is 6.54 Å². The van der Waals surface area contributed by atoms with Gasteiger partial charge in [-0.3, -0.25) is 4.99 Å². The van der Waals surface area contributed by atoms with Crippen LogP contribution in [0.15, 0.2) is 4.99 Å². The zero-order valence-corrected chi connectivity index (χ0v) is 10.1. The van der Waals surface area contributed by atoms with E-state index in [1.807, 2.05) is 11.8 Å². The second kappa shape index (κ2) is 4.13. The summed E-state index contributed by atoms with van der Waals surface area (Å²) in [7, 11) is 0. The van der Waals surface area contributed by atoms with E-state index in [0.29, 0.717) is 0 Å². The van der Waals surface area contributed by atoms with Crippen LogP contribution in [-0.4, -0.2) is 23.0 Å². The lowest BCUT2D eigenvalue weighted by Gasteiger charge is -2.10. The number of rotatable bonds is 3. The van der Waals surface area contributed by atoms with Crippen molar-refractivity contribution >= 4 is 16.9 Å². The number of nitrogens with zero attached hydrogens (tertiary/aromatic N) is 1. The minimum absolute atomic E-state index is 0.721. The van der Waals surface area contributed by atoms with Crippen LogP contribution in [-0.2, 0) is 0 Å². The van der Waals surface area contributed by atoms with Crippen molar-refractivity contribution in [2.75, 3.05) is 6.54 Å². The maximum Gasteiger partial charge on any atom is 0.157 e. The fourth-order valence-corrected chi connectivity index (χ4v) is 3.14. The standard InChI is InChI=1S/C11H20N2S/c1-7(2)4-9-6-12-11(14-9)13-10-5-8(10)3/h7-10H,4-6H2,1-3H3,(H,12,13). The lowest BCUT2D eigenvalue weighted by atomic mass is 10.1. The summed E-state index contributed by atoms with van der Waals surface area (Å²) in [4.78, 5) is 4.55. The molecule has 0 aromatic carbocycles. The highest BCUT2D eigenvalue weighted by Gasteiger charge is 2.34. The molecule has 3 atom stereocenters. The van der Waals surface area contributed by atoms with E-state index < -0.39 is 0 Å². The van der Waals surface area contributed by atoms with Gasteiger partial charge in [-0.05, 0) is 24.7 Å². The SMILES string of the molecule is CC(C)CC1CN=C(NC2CC2C)S1. The molecule has 0 aromatic rings. The summed E-state index contributed by atoms with van der Waals surface area (Å²) in [6, 6.07) is 0.721. The van der Waals surface area contributed by atoms with Crippen LogP contribution in [0.25, 0.3) is 0 Å². The molecule has 2 aliphatic rings. The molecule has 3 unspecified atom stereocenters. The molecule has 1 aliphatic heterocycles. The molecule has 2 rings (SSSR count). The Morgan fingerprint density at radius 2 is 2.29 bits per heavy atom. The van der Waals surface area contributed by atoms with Gasteiger partial charge in [-0.1, -0.05) is 32.5 Å². The third-order valence-electron chi connectivity index (χ3n) is 2.87. The highest BCUT2D eigenvalue weighted by Crippen LogP contribution is 2.32. The molecule has 1 aliphatic carbocycles. The first-order valence-corrected chi connectivity index (χ1v) is 6.50. The van der Waals surface area contributed by atoms with Crippen molar-refractivity contribution in [3.05, 3.63) is 0 Å². The molecule has 0 bridgehead atoms. The Hall–Kier alpha value is -0.180. The van der Waals surface area contributed by atoms with Crippen molar-refractivity contribution in [2.45, 2.75) is 44.9 Å². The fraction of sp³-hybridized carbons (Fsp3) is 0.909. The van der Waals surface area contributed by atoms with E-state index in [9.17, 15) is 0 Å². The number of amidine groups is 1. The normalized spacial score (nSPS) is 36.0. The van der Waals surface area contributed by atoms with Gasteiger partial charge in [0, 0.05) is 11.3 Å². The van der Waals surface area contributed by atoms with Gasteiger partial charge in [0.1, 0.15) is 0 Å². The third-order valence-corrected chi connectivity index (χ3v) is 4.01. The van der Waals surface area contributed by atoms with E-state index in [4.69, 9.17) is 0 Å². The molecular weight excluding hydrogens is 192 g/mol. The molecular formula is C11H20N2S. The Kier molecular flexibility index (Phi) is 3.05. The van der Waals surface area contributed by atoms with Crippen LogP contribution in [0.4, 0.5) is 0 Å². The van der Waals surface area contributed by atoms with Crippen LogP contribution in [0.1, 0.15) is 33.6 Å². The van der Waals surface area contributed by atoms with Gasteiger partial charge in [-0.25, -0.2) is 0 Å². The smallest absolute Gasteiger partial charge is 0.157 e. The minimum atomic E-state index is 0.721. The number of aliphatic imine (C=N–C) groups is 1. The number of nitrogens with one attached hydrogen (secondary N) is 1. The second-order valence-corrected chi connectivity index (χ2v) is 6.27. The maximum atomic E-state index is 4.55. The van der Waals surface area contributed by atoms with Gasteiger partial charge in [0.25, 0.3) is 0 Å². The van der Waals surface area contributed by atoms with Crippen molar-refractivity contribution in [1.29, 1.82) is 0 Å². The second-order valence-electron chi connectivity index (χ2n) is 4.98. The molecule has 1 heterocycles. The first-order chi connectivity index (χ1) is 6.65. The number of hydrogen-bond acceptors (Lipinski definition) is 3. The average Bonchev–Trinajstić information content (AvgIpc) is 2.60. The van der Waals surface area contributed by atoms with Crippen molar-refractivity contribution in [2.24, 2.45) is 16.8 Å². The number of hydrogen-bond donors (Lipinski definition) is 1. The van der Waals surface area contributed by atoms with Gasteiger partial charge in [-0.2, -0.15) is 0 Å². The van der Waals surface area contributed by atoms with Gasteiger partial charge < -0.3 is 5.32 Å². The average molecular weight is 212 g/mol. The lowest BCUT2D eigenvalue weighted by molar-refractivity contribution is 0.575. The first kappa shape index (κ1) is 10.3. The monoisotopic (exact) mass is 212 g/mol. The zero-order valence-electron chi connectivity index (χ0n) is 9.29. The van der Waals surface area contributed by atoms with Crippen LogP contribution >= 0.6 is 11.8 Å². The van der Waals surface area contributed by atoms with Crippen LogP contribution in [0, 0.1) is 11.8 Å². The molecule has 1 saturated carbocycles. The highest BCUT2D eigenvalue weighted by molar-refractivity contribution is 8.14. The molecule has 2 nitrogen and oxygen atoms in total. The van der Waals surface area contributed by atoms with Crippen LogP contribution < -0.4 is 5.32 Å². The largest absolute Gasteiger partial charge is 0.362 e. The van der Waals surface area contributed by atoms with Gasteiger partial charge in [0.2, 0.25) is 0 Å². The maximum absolute atomic E-state index is 4.55. The van der Waals surface area contributed by atoms with Gasteiger partial charge >= 0.3 is 0 Å². The van der Waals surface area contributed by atoms with Crippen molar-refractivity contribution in [3.63, 3.8) is 0 Å². The summed E-state index contributed by atoms with van der Waals surface area (Å²) in [5.74, 6) is 1.66. The van der Waals surface area contributed by atoms with Crippen LogP contribution in [0.5, 0.6) is 0 Å². The Morgan fingerprint density at radius 1 is 1.57 bits per heavy atom. The zero-order chi connectivity index (χ0) is 10.1. The van der Waals surface area contributed by atoms with Gasteiger partial charge in [-0.15, -0.1) is 0 Å². The fourth-order valence-electron chi connectivity index (χ4n) is 1.83. The van der Waals surface area contributed by atoms with Gasteiger partial charge in [0.15, 0.2) is 5.17 Å². The predicted octanol–water partition coefficient (Wildman–Crippen LogP) is 2.50. The summed E-state index contributed by atoms with van der Waals surface area (Å²) < 4.78 is 0. The Labute approximate surface area is 90.9 Å². The summed E-state index contributed by atoms with van der Waals surface area (Å²) in [5, 5.41) is 5.45. The Balaban J connectivity index is 1.71. The minimum Gasteiger partial charge on any atom is -0.362 e. The quantitative estimate of drug-likeness (QED) is 0.777. The van der Waals surface area contributed by atoms with Crippen molar-refractivity contribution in [3.8, 4) is 0 Å². The highest BCUT2D eigenvalue weighted by atomic mass is 32.2. The molecule has 0 aromatic heterocycles. The first-order valence-electron chi connectivity index (χ1n) is 5.62. The molecule has 3 heteroatoms. The molecule has 80 valence electrons. The van der Waals surface area contributed by atoms with Crippen LogP contribution in [0.2, 0.25) is 0 Å². The predicted molar refractivity (Wildman–Crippen MR) is 63.8 cm³/mol. The van der Waals surface area contributed by atoms with E-state index >= 15 is 0 Å². The van der Waals surface area contributed by atoms with E-state index in [1.54, 1.807) is 0 Å². The van der Waals surface area contributed by atoms with E-state index in [0.717, 1.165) is 29.7 Å². The molecule has 1 fully saturated rings. The molecule has 1 N–H and O–H groups in total. The summed E-state index contributed by atoms with van der Waals surface area (Å²) in [5.41, 5.74) is 0. The summed E-state index contributed by atoms with van der Waals surface area (Å²) >= 11 is 1.95. The molecule has 0 radical (unpaired) electrons. The Bertz CT molecular complexity index is 237.